The Hall–Kier alpha value is -3.20. The van der Waals surface area contributed by atoms with Crippen LogP contribution in [0.4, 0.5) is 29.3 Å². The van der Waals surface area contributed by atoms with E-state index in [2.05, 4.69) is 15.2 Å². The van der Waals surface area contributed by atoms with Crippen LogP contribution in [0.5, 0.6) is 5.75 Å². The van der Waals surface area contributed by atoms with Gasteiger partial charge in [-0.1, -0.05) is 11.6 Å². The zero-order valence-electron chi connectivity index (χ0n) is 21.9. The number of rotatable bonds is 9. The number of nitrogens with two attached hydrogens (primary N) is 1. The summed E-state index contributed by atoms with van der Waals surface area (Å²) >= 11 is 6.17. The maximum atomic E-state index is 13.8. The number of fused-ring (bicyclic) bond motifs is 1. The van der Waals surface area contributed by atoms with E-state index in [1.807, 2.05) is 0 Å². The standard InChI is InChI=1S/C24H29ClF3N5O6S/c1-4-32-12-19(20(25)31-32)40(36,37)33-11-15(10-16(21(29)34)13-5-6-13)38-18-8-7-14(9-17(18)33)30-22(35)39-23(2,3)24(26,27)28/h7-9,12-13,15-16H,4-6,10-11H2,1-3H3,(H2,29,34)(H,30,35)/t15-,16-/m0/s1. The van der Waals surface area contributed by atoms with Crippen LogP contribution in [0.15, 0.2) is 29.3 Å². The largest absolute Gasteiger partial charge is 0.486 e. The van der Waals surface area contributed by atoms with Crippen LogP contribution in [0, 0.1) is 11.8 Å². The number of sulfonamides is 1. The molecule has 0 unspecified atom stereocenters. The molecule has 40 heavy (non-hydrogen) atoms. The molecule has 2 aliphatic rings. The molecule has 2 aromatic rings. The normalized spacial score (nSPS) is 18.5. The van der Waals surface area contributed by atoms with Crippen molar-refractivity contribution < 1.29 is 40.7 Å². The summed E-state index contributed by atoms with van der Waals surface area (Å²) in [5.74, 6) is -0.802. The SMILES string of the molecule is CCn1cc(S(=O)(=O)N2C[C@H](C[C@H](C(N)=O)C3CC3)Oc3ccc(NC(=O)OC(C)(C)C(F)(F)F)cc32)c(Cl)n1. The summed E-state index contributed by atoms with van der Waals surface area (Å²) in [6.07, 6.45) is -3.85. The van der Waals surface area contributed by atoms with Crippen molar-refractivity contribution >= 4 is 45.0 Å². The third-order valence-electron chi connectivity index (χ3n) is 6.82. The van der Waals surface area contributed by atoms with Gasteiger partial charge in [0.25, 0.3) is 10.0 Å². The molecule has 1 aromatic heterocycles. The third-order valence-corrected chi connectivity index (χ3v) is 8.99. The fourth-order valence-corrected chi connectivity index (χ4v) is 6.28. The molecular formula is C24H29ClF3N5O6S. The van der Waals surface area contributed by atoms with Crippen molar-refractivity contribution in [1.29, 1.82) is 0 Å². The van der Waals surface area contributed by atoms with Crippen molar-refractivity contribution in [2.24, 2.45) is 17.6 Å². The second kappa shape index (κ2) is 10.7. The van der Waals surface area contributed by atoms with E-state index in [1.165, 1.54) is 29.1 Å². The number of amides is 2. The Kier molecular flexibility index (Phi) is 7.93. The number of halogens is 4. The van der Waals surface area contributed by atoms with Gasteiger partial charge in [-0.2, -0.15) is 18.3 Å². The number of alkyl halides is 3. The van der Waals surface area contributed by atoms with Crippen LogP contribution in [0.3, 0.4) is 0 Å². The van der Waals surface area contributed by atoms with Gasteiger partial charge in [0, 0.05) is 24.3 Å². The molecule has 220 valence electrons. The minimum atomic E-state index is -4.82. The van der Waals surface area contributed by atoms with E-state index in [9.17, 15) is 31.2 Å². The highest BCUT2D eigenvalue weighted by Gasteiger charge is 2.51. The first-order valence-electron chi connectivity index (χ1n) is 12.5. The molecular weight excluding hydrogens is 579 g/mol. The summed E-state index contributed by atoms with van der Waals surface area (Å²) in [6, 6.07) is 3.92. The molecule has 0 saturated heterocycles. The molecule has 11 nitrogen and oxygen atoms in total. The van der Waals surface area contributed by atoms with Crippen molar-refractivity contribution in [3.63, 3.8) is 0 Å². The zero-order chi connectivity index (χ0) is 29.6. The number of primary amides is 1. The third kappa shape index (κ3) is 6.09. The Bertz CT molecular complexity index is 1410. The smallest absolute Gasteiger partial charge is 0.427 e. The number of aryl methyl sites for hydroxylation is 1. The van der Waals surface area contributed by atoms with E-state index < -0.39 is 45.8 Å². The number of benzene rings is 1. The molecule has 0 radical (unpaired) electrons. The summed E-state index contributed by atoms with van der Waals surface area (Å²) in [5, 5.41) is 5.94. The van der Waals surface area contributed by atoms with Crippen LogP contribution in [-0.4, -0.2) is 54.6 Å². The van der Waals surface area contributed by atoms with Crippen LogP contribution in [0.1, 0.15) is 40.0 Å². The van der Waals surface area contributed by atoms with Crippen LogP contribution < -0.4 is 20.1 Å². The lowest BCUT2D eigenvalue weighted by Gasteiger charge is -2.36. The van der Waals surface area contributed by atoms with Gasteiger partial charge in [-0.25, -0.2) is 13.2 Å². The average Bonchev–Trinajstić information content (AvgIpc) is 3.61. The number of nitrogens with zero attached hydrogens (tertiary/aromatic N) is 3. The summed E-state index contributed by atoms with van der Waals surface area (Å²) < 4.78 is 80.1. The van der Waals surface area contributed by atoms with E-state index in [0.717, 1.165) is 17.1 Å². The molecule has 1 aromatic carbocycles. The van der Waals surface area contributed by atoms with E-state index in [1.54, 1.807) is 6.92 Å². The quantitative estimate of drug-likeness (QED) is 0.432. The molecule has 0 bridgehead atoms. The van der Waals surface area contributed by atoms with Crippen LogP contribution in [-0.2, 0) is 26.1 Å². The van der Waals surface area contributed by atoms with E-state index in [4.69, 9.17) is 22.1 Å². The lowest BCUT2D eigenvalue weighted by Crippen LogP contribution is -2.45. The maximum Gasteiger partial charge on any atom is 0.427 e. The molecule has 16 heteroatoms. The Morgan fingerprint density at radius 2 is 1.98 bits per heavy atom. The van der Waals surface area contributed by atoms with Crippen molar-refractivity contribution in [3.05, 3.63) is 29.5 Å². The lowest BCUT2D eigenvalue weighted by molar-refractivity contribution is -0.242. The molecule has 0 spiro atoms. The first kappa shape index (κ1) is 29.8. The minimum Gasteiger partial charge on any atom is -0.486 e. The monoisotopic (exact) mass is 607 g/mol. The van der Waals surface area contributed by atoms with Gasteiger partial charge in [0.15, 0.2) is 5.15 Å². The second-order valence-corrected chi connectivity index (χ2v) is 12.4. The van der Waals surface area contributed by atoms with Gasteiger partial charge in [-0.15, -0.1) is 0 Å². The van der Waals surface area contributed by atoms with Crippen LogP contribution >= 0.6 is 11.6 Å². The number of carbonyl (C=O) groups is 2. The first-order chi connectivity index (χ1) is 18.5. The number of carbonyl (C=O) groups excluding carboxylic acids is 2. The fourth-order valence-electron chi connectivity index (χ4n) is 4.33. The number of aromatic nitrogens is 2. The van der Waals surface area contributed by atoms with Crippen molar-refractivity contribution in [2.45, 2.75) is 69.4 Å². The number of hydrogen-bond donors (Lipinski definition) is 2. The predicted octanol–water partition coefficient (Wildman–Crippen LogP) is 4.30. The molecule has 4 rings (SSSR count). The van der Waals surface area contributed by atoms with Crippen molar-refractivity contribution in [1.82, 2.24) is 9.78 Å². The summed E-state index contributed by atoms with van der Waals surface area (Å²) in [6.45, 7) is 3.27. The number of anilines is 2. The Balaban J connectivity index is 1.68. The Labute approximate surface area is 233 Å². The fraction of sp³-hybridized carbons (Fsp3) is 0.542. The van der Waals surface area contributed by atoms with E-state index >= 15 is 0 Å². The zero-order valence-corrected chi connectivity index (χ0v) is 23.4. The molecule has 1 fully saturated rings. The van der Waals surface area contributed by atoms with Crippen LogP contribution in [0.25, 0.3) is 0 Å². The summed E-state index contributed by atoms with van der Waals surface area (Å²) in [4.78, 5) is 24.1. The van der Waals surface area contributed by atoms with Gasteiger partial charge < -0.3 is 15.2 Å². The summed E-state index contributed by atoms with van der Waals surface area (Å²) in [5.41, 5.74) is 2.77. The Morgan fingerprint density at radius 3 is 2.52 bits per heavy atom. The van der Waals surface area contributed by atoms with Gasteiger partial charge in [-0.3, -0.25) is 19.1 Å². The molecule has 2 amide bonds. The number of hydrogen-bond acceptors (Lipinski definition) is 7. The van der Waals surface area contributed by atoms with Gasteiger partial charge in [0.2, 0.25) is 11.5 Å². The highest BCUT2D eigenvalue weighted by atomic mass is 35.5. The molecule has 1 aliphatic carbocycles. The van der Waals surface area contributed by atoms with Gasteiger partial charge >= 0.3 is 12.3 Å². The lowest BCUT2D eigenvalue weighted by atomic mass is 9.95. The Morgan fingerprint density at radius 1 is 1.30 bits per heavy atom. The van der Waals surface area contributed by atoms with Gasteiger partial charge in [0.1, 0.15) is 16.7 Å². The average molecular weight is 608 g/mol. The van der Waals surface area contributed by atoms with Gasteiger partial charge in [-0.05, 0) is 64.2 Å². The second-order valence-electron chi connectivity index (χ2n) is 10.2. The van der Waals surface area contributed by atoms with E-state index in [-0.39, 0.29) is 46.1 Å². The number of ether oxygens (including phenoxy) is 2. The highest BCUT2D eigenvalue weighted by molar-refractivity contribution is 7.93. The minimum absolute atomic E-state index is 0.00788. The predicted molar refractivity (Wildman–Crippen MR) is 139 cm³/mol. The molecule has 2 heterocycles. The van der Waals surface area contributed by atoms with Gasteiger partial charge in [0.05, 0.1) is 12.2 Å². The summed E-state index contributed by atoms with van der Waals surface area (Å²) in [7, 11) is -4.35. The maximum absolute atomic E-state index is 13.8. The van der Waals surface area contributed by atoms with Crippen LogP contribution in [0.2, 0.25) is 5.15 Å². The topological polar surface area (TPSA) is 146 Å². The van der Waals surface area contributed by atoms with Crippen molar-refractivity contribution in [2.75, 3.05) is 16.2 Å². The first-order valence-corrected chi connectivity index (χ1v) is 14.3. The molecule has 1 saturated carbocycles. The molecule has 3 N–H and O–H groups in total. The highest BCUT2D eigenvalue weighted by Crippen LogP contribution is 2.44. The molecule has 1 aliphatic heterocycles. The number of nitrogens with one attached hydrogen (secondary N) is 1. The van der Waals surface area contributed by atoms with E-state index in [0.29, 0.717) is 20.4 Å². The molecule has 2 atom stereocenters. The van der Waals surface area contributed by atoms with Crippen molar-refractivity contribution in [3.8, 4) is 5.75 Å².